The van der Waals surface area contributed by atoms with E-state index < -0.39 is 0 Å². The van der Waals surface area contributed by atoms with Gasteiger partial charge in [0.2, 0.25) is 5.91 Å². The van der Waals surface area contributed by atoms with Crippen molar-refractivity contribution >= 4 is 23.0 Å². The molecule has 2 heterocycles. The second kappa shape index (κ2) is 9.50. The van der Waals surface area contributed by atoms with Gasteiger partial charge in [-0.2, -0.15) is 0 Å². The van der Waals surface area contributed by atoms with Gasteiger partial charge in [0.05, 0.1) is 4.88 Å². The fourth-order valence-electron chi connectivity index (χ4n) is 2.97. The number of ether oxygens (including phenoxy) is 1. The topological polar surface area (TPSA) is 49.9 Å². The van der Waals surface area contributed by atoms with Crippen molar-refractivity contribution in [2.45, 2.75) is 12.8 Å². The zero-order valence-corrected chi connectivity index (χ0v) is 15.6. The van der Waals surface area contributed by atoms with E-state index in [1.165, 1.54) is 11.3 Å². The predicted molar refractivity (Wildman–Crippen MR) is 103 cm³/mol. The molecular formula is C20H24N2O3S. The van der Waals surface area contributed by atoms with E-state index in [2.05, 4.69) is 4.90 Å². The summed E-state index contributed by atoms with van der Waals surface area (Å²) >= 11 is 1.43. The Labute approximate surface area is 158 Å². The summed E-state index contributed by atoms with van der Waals surface area (Å²) in [6.45, 7) is 4.64. The van der Waals surface area contributed by atoms with Crippen molar-refractivity contribution in [3.05, 3.63) is 52.7 Å². The molecule has 1 aromatic heterocycles. The number of amides is 1. The Morgan fingerprint density at radius 1 is 0.962 bits per heavy atom. The maximum atomic E-state index is 12.3. The molecule has 1 saturated heterocycles. The molecule has 26 heavy (non-hydrogen) atoms. The molecule has 0 spiro atoms. The van der Waals surface area contributed by atoms with Crippen LogP contribution in [0.2, 0.25) is 0 Å². The van der Waals surface area contributed by atoms with Crippen LogP contribution in [0, 0.1) is 0 Å². The Morgan fingerprint density at radius 3 is 2.42 bits per heavy atom. The number of ketones is 1. The highest BCUT2D eigenvalue weighted by Crippen LogP contribution is 2.14. The first-order chi connectivity index (χ1) is 12.7. The summed E-state index contributed by atoms with van der Waals surface area (Å²) < 4.78 is 5.72. The first-order valence-electron chi connectivity index (χ1n) is 8.97. The molecule has 1 aliphatic rings. The van der Waals surface area contributed by atoms with Gasteiger partial charge in [-0.3, -0.25) is 14.5 Å². The van der Waals surface area contributed by atoms with E-state index in [9.17, 15) is 9.59 Å². The molecule has 3 rings (SSSR count). The van der Waals surface area contributed by atoms with E-state index in [0.717, 1.165) is 43.4 Å². The minimum Gasteiger partial charge on any atom is -0.492 e. The largest absolute Gasteiger partial charge is 0.492 e. The maximum absolute atomic E-state index is 12.3. The number of nitrogens with zero attached hydrogens (tertiary/aromatic N) is 2. The Hall–Kier alpha value is -2.18. The van der Waals surface area contributed by atoms with E-state index >= 15 is 0 Å². The number of benzene rings is 1. The van der Waals surface area contributed by atoms with Gasteiger partial charge in [0, 0.05) is 45.6 Å². The zero-order chi connectivity index (χ0) is 18.2. The van der Waals surface area contributed by atoms with Crippen molar-refractivity contribution in [3.63, 3.8) is 0 Å². The number of hydrogen-bond donors (Lipinski definition) is 0. The Bertz CT molecular complexity index is 695. The van der Waals surface area contributed by atoms with Gasteiger partial charge in [-0.25, -0.2) is 0 Å². The number of rotatable bonds is 8. The smallest absolute Gasteiger partial charge is 0.223 e. The van der Waals surface area contributed by atoms with Gasteiger partial charge in [0.1, 0.15) is 12.4 Å². The average Bonchev–Trinajstić information content (AvgIpc) is 3.22. The molecule has 0 unspecified atom stereocenters. The van der Waals surface area contributed by atoms with Gasteiger partial charge >= 0.3 is 0 Å². The van der Waals surface area contributed by atoms with E-state index in [1.807, 2.05) is 52.7 Å². The van der Waals surface area contributed by atoms with Crippen LogP contribution in [0.25, 0.3) is 0 Å². The molecule has 0 aliphatic carbocycles. The van der Waals surface area contributed by atoms with E-state index in [1.54, 1.807) is 0 Å². The minimum absolute atomic E-state index is 0.0602. The number of para-hydroxylation sites is 1. The normalized spacial score (nSPS) is 15.0. The van der Waals surface area contributed by atoms with Crippen LogP contribution in [0.15, 0.2) is 47.8 Å². The monoisotopic (exact) mass is 372 g/mol. The lowest BCUT2D eigenvalue weighted by molar-refractivity contribution is -0.132. The Morgan fingerprint density at radius 2 is 1.73 bits per heavy atom. The number of thiophene rings is 1. The summed E-state index contributed by atoms with van der Waals surface area (Å²) in [5.41, 5.74) is 0. The molecule has 0 bridgehead atoms. The van der Waals surface area contributed by atoms with Crippen LogP contribution in [-0.2, 0) is 4.79 Å². The minimum atomic E-state index is 0.0602. The van der Waals surface area contributed by atoms with E-state index in [4.69, 9.17) is 4.74 Å². The summed E-state index contributed by atoms with van der Waals surface area (Å²) in [7, 11) is 0. The standard InChI is InChI=1S/C20H24N2O3S/c23-18(19-7-4-16-26-19)8-9-20(24)22-12-10-21(11-13-22)14-15-25-17-5-2-1-3-6-17/h1-7,16H,8-15H2. The second-order valence-electron chi connectivity index (χ2n) is 6.28. The van der Waals surface area contributed by atoms with Crippen LogP contribution < -0.4 is 4.74 Å². The SMILES string of the molecule is O=C(CCC(=O)N1CCN(CCOc2ccccc2)CC1)c1cccs1. The lowest BCUT2D eigenvalue weighted by Gasteiger charge is -2.34. The lowest BCUT2D eigenvalue weighted by atomic mass is 10.1. The van der Waals surface area contributed by atoms with Crippen molar-refractivity contribution in [1.29, 1.82) is 0 Å². The number of Topliss-reactive ketones (excluding diaryl/α,β-unsaturated/α-hetero) is 1. The molecular weight excluding hydrogens is 348 g/mol. The van der Waals surface area contributed by atoms with Gasteiger partial charge < -0.3 is 9.64 Å². The highest BCUT2D eigenvalue weighted by atomic mass is 32.1. The number of hydrogen-bond acceptors (Lipinski definition) is 5. The molecule has 1 amide bonds. The van der Waals surface area contributed by atoms with Gasteiger partial charge in [0.25, 0.3) is 0 Å². The molecule has 6 heteroatoms. The van der Waals surface area contributed by atoms with Crippen molar-refractivity contribution in [2.75, 3.05) is 39.3 Å². The van der Waals surface area contributed by atoms with Crippen LogP contribution in [0.4, 0.5) is 0 Å². The fraction of sp³-hybridized carbons (Fsp3) is 0.400. The molecule has 0 atom stereocenters. The van der Waals surface area contributed by atoms with Crippen molar-refractivity contribution in [3.8, 4) is 5.75 Å². The summed E-state index contributed by atoms with van der Waals surface area (Å²) in [5, 5.41) is 1.88. The van der Waals surface area contributed by atoms with Crippen molar-refractivity contribution in [2.24, 2.45) is 0 Å². The highest BCUT2D eigenvalue weighted by molar-refractivity contribution is 7.12. The number of piperazine rings is 1. The highest BCUT2D eigenvalue weighted by Gasteiger charge is 2.21. The molecule has 2 aromatic rings. The van der Waals surface area contributed by atoms with E-state index in [-0.39, 0.29) is 11.7 Å². The summed E-state index contributed by atoms with van der Waals surface area (Å²) in [6, 6.07) is 13.5. The zero-order valence-electron chi connectivity index (χ0n) is 14.8. The maximum Gasteiger partial charge on any atom is 0.223 e. The summed E-state index contributed by atoms with van der Waals surface area (Å²) in [5.74, 6) is 1.02. The molecule has 138 valence electrons. The molecule has 1 fully saturated rings. The third kappa shape index (κ3) is 5.41. The summed E-state index contributed by atoms with van der Waals surface area (Å²) in [4.78, 5) is 29.2. The van der Waals surface area contributed by atoms with E-state index in [0.29, 0.717) is 19.4 Å². The predicted octanol–water partition coefficient (Wildman–Crippen LogP) is 2.93. The van der Waals surface area contributed by atoms with Gasteiger partial charge in [-0.1, -0.05) is 24.3 Å². The molecule has 1 aliphatic heterocycles. The number of carbonyl (C=O) groups excluding carboxylic acids is 2. The molecule has 0 N–H and O–H groups in total. The van der Waals surface area contributed by atoms with Crippen molar-refractivity contribution < 1.29 is 14.3 Å². The molecule has 1 aromatic carbocycles. The van der Waals surface area contributed by atoms with Gasteiger partial charge in [0.15, 0.2) is 5.78 Å². The third-order valence-electron chi connectivity index (χ3n) is 4.51. The summed E-state index contributed by atoms with van der Waals surface area (Å²) in [6.07, 6.45) is 0.596. The average molecular weight is 372 g/mol. The lowest BCUT2D eigenvalue weighted by Crippen LogP contribution is -2.49. The quantitative estimate of drug-likeness (QED) is 0.669. The Balaban J connectivity index is 1.32. The fourth-order valence-corrected chi connectivity index (χ4v) is 3.66. The van der Waals surface area contributed by atoms with Gasteiger partial charge in [-0.05, 0) is 23.6 Å². The first-order valence-corrected chi connectivity index (χ1v) is 9.85. The molecule has 5 nitrogen and oxygen atoms in total. The van der Waals surface area contributed by atoms with Crippen LogP contribution in [0.3, 0.4) is 0 Å². The van der Waals surface area contributed by atoms with Gasteiger partial charge in [-0.15, -0.1) is 11.3 Å². The van der Waals surface area contributed by atoms with Crippen LogP contribution in [0.1, 0.15) is 22.5 Å². The van der Waals surface area contributed by atoms with Crippen LogP contribution in [0.5, 0.6) is 5.75 Å². The van der Waals surface area contributed by atoms with Crippen molar-refractivity contribution in [1.82, 2.24) is 9.80 Å². The second-order valence-corrected chi connectivity index (χ2v) is 7.23. The molecule has 0 radical (unpaired) electrons. The van der Waals surface area contributed by atoms with Crippen LogP contribution >= 0.6 is 11.3 Å². The van der Waals surface area contributed by atoms with Crippen LogP contribution in [-0.4, -0.2) is 60.8 Å². The number of carbonyl (C=O) groups is 2. The molecule has 0 saturated carbocycles. The Kier molecular flexibility index (Phi) is 6.80. The first kappa shape index (κ1) is 18.6. The third-order valence-corrected chi connectivity index (χ3v) is 5.42.